The summed E-state index contributed by atoms with van der Waals surface area (Å²) in [6, 6.07) is 16.1. The molecule has 0 fully saturated rings. The SMILES string of the molecule is CCOc1cc([C@H]2c3c(oc4ccccc4c3=O)C(=O)N2c2nc3ccc(Cl)cc3s2)ccc1O. The molecule has 0 saturated carbocycles. The summed E-state index contributed by atoms with van der Waals surface area (Å²) >= 11 is 7.46. The fraction of sp³-hybridized carbons (Fsp3) is 0.115. The smallest absolute Gasteiger partial charge is 0.297 e. The topological polar surface area (TPSA) is 92.9 Å². The number of ether oxygens (including phenoxy) is 1. The molecule has 1 aliphatic heterocycles. The fourth-order valence-corrected chi connectivity index (χ4v) is 5.66. The number of aromatic hydroxyl groups is 1. The Kier molecular flexibility index (Phi) is 5.01. The summed E-state index contributed by atoms with van der Waals surface area (Å²) in [5.74, 6) is -0.273. The summed E-state index contributed by atoms with van der Waals surface area (Å²) in [4.78, 5) is 33.5. The van der Waals surface area contributed by atoms with Gasteiger partial charge in [0.25, 0.3) is 5.91 Å². The molecule has 6 rings (SSSR count). The van der Waals surface area contributed by atoms with Gasteiger partial charge in [0.2, 0.25) is 5.76 Å². The Hall–Kier alpha value is -3.88. The number of phenolic OH excluding ortho intramolecular Hbond substituents is 1. The normalized spacial score (nSPS) is 15.2. The number of carbonyl (C=O) groups is 1. The summed E-state index contributed by atoms with van der Waals surface area (Å²) in [6.07, 6.45) is 0. The van der Waals surface area contributed by atoms with E-state index in [0.717, 1.165) is 4.70 Å². The number of thiazole rings is 1. The molecule has 3 heterocycles. The lowest BCUT2D eigenvalue weighted by molar-refractivity contribution is 0.0971. The first-order valence-electron chi connectivity index (χ1n) is 10.9. The van der Waals surface area contributed by atoms with Gasteiger partial charge in [-0.15, -0.1) is 0 Å². The number of nitrogens with zero attached hydrogens (tertiary/aromatic N) is 2. The number of hydrogen-bond donors (Lipinski definition) is 1. The van der Waals surface area contributed by atoms with E-state index in [0.29, 0.717) is 38.8 Å². The van der Waals surface area contributed by atoms with Crippen LogP contribution in [0.1, 0.15) is 34.6 Å². The highest BCUT2D eigenvalue weighted by Gasteiger charge is 2.45. The number of amides is 1. The van der Waals surface area contributed by atoms with Gasteiger partial charge in [-0.05, 0) is 55.0 Å². The Morgan fingerprint density at radius 2 is 1.97 bits per heavy atom. The van der Waals surface area contributed by atoms with Gasteiger partial charge >= 0.3 is 0 Å². The maximum atomic E-state index is 13.8. The van der Waals surface area contributed by atoms with Crippen LogP contribution in [0.15, 0.2) is 69.9 Å². The number of phenols is 1. The second-order valence-electron chi connectivity index (χ2n) is 8.02. The molecule has 2 aromatic heterocycles. The largest absolute Gasteiger partial charge is 0.504 e. The Labute approximate surface area is 207 Å². The summed E-state index contributed by atoms with van der Waals surface area (Å²) in [5.41, 5.74) is 1.53. The molecule has 0 radical (unpaired) electrons. The number of rotatable bonds is 4. The lowest BCUT2D eigenvalue weighted by Gasteiger charge is -2.23. The van der Waals surface area contributed by atoms with E-state index in [1.54, 1.807) is 61.5 Å². The molecule has 0 saturated heterocycles. The van der Waals surface area contributed by atoms with E-state index in [4.69, 9.17) is 20.8 Å². The molecule has 9 heteroatoms. The molecular weight excluding hydrogens is 488 g/mol. The van der Waals surface area contributed by atoms with Crippen molar-refractivity contribution in [2.75, 3.05) is 11.5 Å². The molecule has 5 aromatic rings. The summed E-state index contributed by atoms with van der Waals surface area (Å²) in [5, 5.41) is 11.6. The van der Waals surface area contributed by atoms with Crippen LogP contribution in [0.5, 0.6) is 11.5 Å². The van der Waals surface area contributed by atoms with Crippen molar-refractivity contribution in [2.24, 2.45) is 0 Å². The summed E-state index contributed by atoms with van der Waals surface area (Å²) < 4.78 is 12.4. The summed E-state index contributed by atoms with van der Waals surface area (Å²) in [6.45, 7) is 2.14. The van der Waals surface area contributed by atoms with Crippen LogP contribution in [0, 0.1) is 0 Å². The lowest BCUT2D eigenvalue weighted by Crippen LogP contribution is -2.29. The molecule has 1 N–H and O–H groups in total. The standard InChI is InChI=1S/C26H17ClN2O5S/c1-2-33-19-11-13(7-10-17(19)30)22-21-23(31)15-5-3-4-6-18(15)34-24(21)25(32)29(22)26-28-16-9-8-14(27)12-20(16)35-26/h3-12,22,30H,2H2,1H3/t22-/m0/s1. The highest BCUT2D eigenvalue weighted by atomic mass is 35.5. The maximum absolute atomic E-state index is 13.8. The van der Waals surface area contributed by atoms with Crippen LogP contribution in [0.2, 0.25) is 5.02 Å². The van der Waals surface area contributed by atoms with Gasteiger partial charge in [0.1, 0.15) is 5.58 Å². The monoisotopic (exact) mass is 504 g/mol. The van der Waals surface area contributed by atoms with E-state index in [2.05, 4.69) is 4.98 Å². The van der Waals surface area contributed by atoms with Gasteiger partial charge in [-0.25, -0.2) is 4.98 Å². The molecule has 35 heavy (non-hydrogen) atoms. The van der Waals surface area contributed by atoms with Gasteiger partial charge in [-0.3, -0.25) is 14.5 Å². The van der Waals surface area contributed by atoms with Crippen molar-refractivity contribution in [3.63, 3.8) is 0 Å². The minimum Gasteiger partial charge on any atom is -0.504 e. The minimum absolute atomic E-state index is 0.0259. The number of carbonyl (C=O) groups excluding carboxylic acids is 1. The number of fused-ring (bicyclic) bond motifs is 3. The number of halogens is 1. The van der Waals surface area contributed by atoms with Crippen LogP contribution in [0.25, 0.3) is 21.2 Å². The van der Waals surface area contributed by atoms with Crippen LogP contribution in [0.4, 0.5) is 5.13 Å². The first kappa shape index (κ1) is 21.6. The molecule has 0 bridgehead atoms. The van der Waals surface area contributed by atoms with Crippen molar-refractivity contribution in [2.45, 2.75) is 13.0 Å². The third-order valence-electron chi connectivity index (χ3n) is 5.92. The van der Waals surface area contributed by atoms with E-state index >= 15 is 0 Å². The van der Waals surface area contributed by atoms with Gasteiger partial charge in [0, 0.05) is 5.02 Å². The Morgan fingerprint density at radius 1 is 1.14 bits per heavy atom. The first-order valence-corrected chi connectivity index (χ1v) is 12.1. The number of benzene rings is 3. The van der Waals surface area contributed by atoms with Crippen LogP contribution in [-0.2, 0) is 0 Å². The van der Waals surface area contributed by atoms with Gasteiger partial charge in [0.15, 0.2) is 22.1 Å². The van der Waals surface area contributed by atoms with Crippen molar-refractivity contribution < 1.29 is 19.1 Å². The van der Waals surface area contributed by atoms with Crippen LogP contribution < -0.4 is 15.1 Å². The van der Waals surface area contributed by atoms with E-state index in [9.17, 15) is 14.7 Å². The Morgan fingerprint density at radius 3 is 2.80 bits per heavy atom. The van der Waals surface area contributed by atoms with Crippen LogP contribution in [0.3, 0.4) is 0 Å². The third kappa shape index (κ3) is 3.37. The molecule has 0 aliphatic carbocycles. The van der Waals surface area contributed by atoms with E-state index in [1.807, 2.05) is 0 Å². The van der Waals surface area contributed by atoms with Crippen LogP contribution >= 0.6 is 22.9 Å². The zero-order valence-electron chi connectivity index (χ0n) is 18.3. The molecule has 3 aromatic carbocycles. The zero-order valence-corrected chi connectivity index (χ0v) is 19.9. The maximum Gasteiger partial charge on any atom is 0.297 e. The fourth-order valence-electron chi connectivity index (χ4n) is 4.39. The van der Waals surface area contributed by atoms with Crippen LogP contribution in [-0.4, -0.2) is 22.6 Å². The third-order valence-corrected chi connectivity index (χ3v) is 7.17. The zero-order chi connectivity index (χ0) is 24.3. The molecule has 1 aliphatic rings. The van der Waals surface area contributed by atoms with Gasteiger partial charge in [0.05, 0.1) is 33.8 Å². The van der Waals surface area contributed by atoms with Crippen molar-refractivity contribution in [3.05, 3.63) is 92.8 Å². The molecule has 1 atom stereocenters. The molecule has 0 spiro atoms. The van der Waals surface area contributed by atoms with E-state index in [-0.39, 0.29) is 28.3 Å². The number of hydrogen-bond acceptors (Lipinski definition) is 7. The highest BCUT2D eigenvalue weighted by molar-refractivity contribution is 7.22. The molecule has 1 amide bonds. The molecule has 7 nitrogen and oxygen atoms in total. The first-order chi connectivity index (χ1) is 17.0. The van der Waals surface area contributed by atoms with Crippen molar-refractivity contribution in [1.29, 1.82) is 0 Å². The number of aromatic nitrogens is 1. The molecule has 0 unspecified atom stereocenters. The average Bonchev–Trinajstić information content (AvgIpc) is 3.39. The second kappa shape index (κ2) is 8.11. The molecule has 174 valence electrons. The average molecular weight is 505 g/mol. The van der Waals surface area contributed by atoms with Gasteiger partial charge in [-0.1, -0.05) is 41.1 Å². The lowest BCUT2D eigenvalue weighted by atomic mass is 9.98. The highest BCUT2D eigenvalue weighted by Crippen LogP contribution is 2.45. The Balaban J connectivity index is 1.63. The van der Waals surface area contributed by atoms with Crippen molar-refractivity contribution >= 4 is 55.2 Å². The molecular formula is C26H17ClN2O5S. The quantitative estimate of drug-likeness (QED) is 0.327. The van der Waals surface area contributed by atoms with Gasteiger partial charge < -0.3 is 14.3 Å². The van der Waals surface area contributed by atoms with E-state index < -0.39 is 11.9 Å². The van der Waals surface area contributed by atoms with Crippen molar-refractivity contribution in [1.82, 2.24) is 4.98 Å². The predicted octanol–water partition coefficient (Wildman–Crippen LogP) is 5.91. The van der Waals surface area contributed by atoms with Gasteiger partial charge in [-0.2, -0.15) is 0 Å². The number of anilines is 1. The van der Waals surface area contributed by atoms with E-state index in [1.165, 1.54) is 22.3 Å². The predicted molar refractivity (Wildman–Crippen MR) is 135 cm³/mol. The second-order valence-corrected chi connectivity index (χ2v) is 9.46. The van der Waals surface area contributed by atoms with Crippen molar-refractivity contribution in [3.8, 4) is 11.5 Å². The summed E-state index contributed by atoms with van der Waals surface area (Å²) in [7, 11) is 0. The minimum atomic E-state index is -0.825. The Bertz CT molecular complexity index is 1710. The number of para-hydroxylation sites is 1.